The van der Waals surface area contributed by atoms with Gasteiger partial charge < -0.3 is 4.74 Å². The molecule has 0 aliphatic carbocycles. The van der Waals surface area contributed by atoms with E-state index >= 15 is 0 Å². The van der Waals surface area contributed by atoms with Gasteiger partial charge in [0.25, 0.3) is 5.78 Å². The first-order valence-electron chi connectivity index (χ1n) is 4.47. The molecule has 1 aromatic rings. The van der Waals surface area contributed by atoms with E-state index in [-0.39, 0.29) is 3.58 Å². The SMILES string of the molecule is COc1ccc(/C=C(\I)C(=O)C(F)(F)F)cc1. The van der Waals surface area contributed by atoms with Gasteiger partial charge in [-0.25, -0.2) is 0 Å². The zero-order chi connectivity index (χ0) is 13.1. The number of benzene rings is 1. The van der Waals surface area contributed by atoms with Crippen molar-refractivity contribution in [3.05, 3.63) is 33.4 Å². The third-order valence-corrected chi connectivity index (χ3v) is 2.68. The quantitative estimate of drug-likeness (QED) is 0.611. The van der Waals surface area contributed by atoms with E-state index < -0.39 is 12.0 Å². The van der Waals surface area contributed by atoms with Crippen LogP contribution in [-0.2, 0) is 4.79 Å². The lowest BCUT2D eigenvalue weighted by atomic mass is 10.2. The zero-order valence-electron chi connectivity index (χ0n) is 8.72. The first-order chi connectivity index (χ1) is 7.84. The summed E-state index contributed by atoms with van der Waals surface area (Å²) in [4.78, 5) is 10.9. The molecular formula is C11H8F3IO2. The van der Waals surface area contributed by atoms with E-state index in [1.54, 1.807) is 24.3 Å². The molecule has 17 heavy (non-hydrogen) atoms. The first-order valence-corrected chi connectivity index (χ1v) is 5.55. The molecular weight excluding hydrogens is 348 g/mol. The lowest BCUT2D eigenvalue weighted by Crippen LogP contribution is -2.22. The van der Waals surface area contributed by atoms with Crippen molar-refractivity contribution < 1.29 is 22.7 Å². The Bertz CT molecular complexity index is 435. The number of methoxy groups -OCH3 is 1. The Morgan fingerprint density at radius 3 is 2.24 bits per heavy atom. The topological polar surface area (TPSA) is 26.3 Å². The standard InChI is InChI=1S/C11H8F3IO2/c1-17-8-4-2-7(3-5-8)6-9(15)10(16)11(12,13)14/h2-6H,1H3/b9-6-. The fourth-order valence-electron chi connectivity index (χ4n) is 1.05. The Morgan fingerprint density at radius 2 is 1.82 bits per heavy atom. The number of halogens is 4. The second-order valence-electron chi connectivity index (χ2n) is 3.09. The average molecular weight is 356 g/mol. The summed E-state index contributed by atoms with van der Waals surface area (Å²) >= 11 is 1.37. The maximum Gasteiger partial charge on any atom is 0.455 e. The van der Waals surface area contributed by atoms with Crippen molar-refractivity contribution in [1.82, 2.24) is 0 Å². The monoisotopic (exact) mass is 356 g/mol. The zero-order valence-corrected chi connectivity index (χ0v) is 10.9. The molecule has 0 N–H and O–H groups in total. The van der Waals surface area contributed by atoms with Crippen molar-refractivity contribution in [2.75, 3.05) is 7.11 Å². The lowest BCUT2D eigenvalue weighted by Gasteiger charge is -2.04. The highest BCUT2D eigenvalue weighted by atomic mass is 127. The van der Waals surface area contributed by atoms with E-state index in [1.165, 1.54) is 35.8 Å². The van der Waals surface area contributed by atoms with Gasteiger partial charge >= 0.3 is 6.18 Å². The molecule has 2 nitrogen and oxygen atoms in total. The fourth-order valence-corrected chi connectivity index (χ4v) is 1.71. The van der Waals surface area contributed by atoms with Crippen molar-refractivity contribution >= 4 is 34.5 Å². The highest BCUT2D eigenvalue weighted by molar-refractivity contribution is 14.1. The van der Waals surface area contributed by atoms with Gasteiger partial charge in [0.2, 0.25) is 0 Å². The maximum atomic E-state index is 12.1. The molecule has 0 saturated heterocycles. The highest BCUT2D eigenvalue weighted by Crippen LogP contribution is 2.26. The molecule has 0 aromatic heterocycles. The lowest BCUT2D eigenvalue weighted by molar-refractivity contribution is -0.165. The Kier molecular flexibility index (Phi) is 4.55. The summed E-state index contributed by atoms with van der Waals surface area (Å²) in [7, 11) is 1.49. The van der Waals surface area contributed by atoms with Gasteiger partial charge in [-0.2, -0.15) is 13.2 Å². The second-order valence-corrected chi connectivity index (χ2v) is 4.25. The summed E-state index contributed by atoms with van der Waals surface area (Å²) in [6, 6.07) is 6.35. The second kappa shape index (κ2) is 5.52. The molecule has 1 aromatic carbocycles. The minimum absolute atomic E-state index is 0.375. The molecule has 0 amide bonds. The number of ether oxygens (including phenoxy) is 1. The summed E-state index contributed by atoms with van der Waals surface area (Å²) in [6.07, 6.45) is -3.66. The average Bonchev–Trinajstić information content (AvgIpc) is 2.27. The number of carbonyl (C=O) groups is 1. The molecule has 0 heterocycles. The van der Waals surface area contributed by atoms with Crippen LogP contribution < -0.4 is 4.74 Å². The molecule has 0 atom stereocenters. The predicted octanol–water partition coefficient (Wildman–Crippen LogP) is 3.60. The molecule has 92 valence electrons. The van der Waals surface area contributed by atoms with Gasteiger partial charge in [0.05, 0.1) is 10.7 Å². The Hall–Kier alpha value is -1.05. The van der Waals surface area contributed by atoms with Crippen molar-refractivity contribution in [1.29, 1.82) is 0 Å². The summed E-state index contributed by atoms with van der Waals surface area (Å²) in [6.45, 7) is 0. The number of carbonyl (C=O) groups excluding carboxylic acids is 1. The van der Waals surface area contributed by atoms with E-state index in [1.807, 2.05) is 0 Å². The van der Waals surface area contributed by atoms with Crippen LogP contribution in [0.25, 0.3) is 6.08 Å². The van der Waals surface area contributed by atoms with Crippen molar-refractivity contribution in [2.45, 2.75) is 6.18 Å². The number of alkyl halides is 3. The molecule has 6 heteroatoms. The van der Waals surface area contributed by atoms with Crippen LogP contribution in [0.5, 0.6) is 5.75 Å². The van der Waals surface area contributed by atoms with E-state index in [0.717, 1.165) is 0 Å². The number of rotatable bonds is 3. The van der Waals surface area contributed by atoms with Gasteiger partial charge in [0.1, 0.15) is 5.75 Å². The Morgan fingerprint density at radius 1 is 1.29 bits per heavy atom. The molecule has 0 saturated carbocycles. The molecule has 1 rings (SSSR count). The summed E-state index contributed by atoms with van der Waals surface area (Å²) in [5.74, 6) is -1.24. The number of Topliss-reactive ketones (excluding diaryl/α,β-unsaturated/α-hetero) is 1. The third kappa shape index (κ3) is 4.03. The summed E-state index contributed by atoms with van der Waals surface area (Å²) in [5.41, 5.74) is 0.507. The van der Waals surface area contributed by atoms with Gasteiger partial charge in [-0.3, -0.25) is 4.79 Å². The number of allylic oxidation sites excluding steroid dienone is 1. The largest absolute Gasteiger partial charge is 0.497 e. The molecule has 0 unspecified atom stereocenters. The third-order valence-electron chi connectivity index (χ3n) is 1.88. The van der Waals surface area contributed by atoms with Crippen molar-refractivity contribution in [3.8, 4) is 5.75 Å². The Balaban J connectivity index is 2.91. The van der Waals surface area contributed by atoms with Crippen LogP contribution in [-0.4, -0.2) is 19.1 Å². The normalized spacial score (nSPS) is 12.4. The van der Waals surface area contributed by atoms with Gasteiger partial charge in [-0.05, 0) is 46.4 Å². The molecule has 0 aliphatic rings. The van der Waals surface area contributed by atoms with Crippen LogP contribution in [0.15, 0.2) is 27.8 Å². The predicted molar refractivity (Wildman–Crippen MR) is 66.1 cm³/mol. The van der Waals surface area contributed by atoms with E-state index in [0.29, 0.717) is 11.3 Å². The minimum Gasteiger partial charge on any atom is -0.497 e. The minimum atomic E-state index is -4.83. The van der Waals surface area contributed by atoms with Crippen molar-refractivity contribution in [3.63, 3.8) is 0 Å². The van der Waals surface area contributed by atoms with E-state index in [9.17, 15) is 18.0 Å². The molecule has 0 bridgehead atoms. The van der Waals surface area contributed by atoms with Crippen LogP contribution in [0.3, 0.4) is 0 Å². The Labute approximate surface area is 110 Å². The van der Waals surface area contributed by atoms with Crippen LogP contribution in [0, 0.1) is 0 Å². The number of ketones is 1. The fraction of sp³-hybridized carbons (Fsp3) is 0.182. The van der Waals surface area contributed by atoms with Gasteiger partial charge in [-0.15, -0.1) is 0 Å². The van der Waals surface area contributed by atoms with Crippen LogP contribution in [0.4, 0.5) is 13.2 Å². The molecule has 0 fully saturated rings. The van der Waals surface area contributed by atoms with Crippen LogP contribution >= 0.6 is 22.6 Å². The molecule has 0 radical (unpaired) electrons. The summed E-state index contributed by atoms with van der Waals surface area (Å²) in [5, 5.41) is 0. The highest BCUT2D eigenvalue weighted by Gasteiger charge is 2.39. The van der Waals surface area contributed by atoms with E-state index in [4.69, 9.17) is 4.74 Å². The number of hydrogen-bond donors (Lipinski definition) is 0. The van der Waals surface area contributed by atoms with Crippen LogP contribution in [0.1, 0.15) is 5.56 Å². The summed E-state index contributed by atoms with van der Waals surface area (Å²) < 4.78 is 40.8. The van der Waals surface area contributed by atoms with Gasteiger partial charge in [0.15, 0.2) is 0 Å². The van der Waals surface area contributed by atoms with Crippen molar-refractivity contribution in [2.24, 2.45) is 0 Å². The smallest absolute Gasteiger partial charge is 0.455 e. The van der Waals surface area contributed by atoms with Crippen LogP contribution in [0.2, 0.25) is 0 Å². The van der Waals surface area contributed by atoms with Gasteiger partial charge in [0, 0.05) is 0 Å². The number of hydrogen-bond acceptors (Lipinski definition) is 2. The van der Waals surface area contributed by atoms with Gasteiger partial charge in [-0.1, -0.05) is 12.1 Å². The maximum absolute atomic E-state index is 12.1. The van der Waals surface area contributed by atoms with E-state index in [2.05, 4.69) is 0 Å². The molecule has 0 aliphatic heterocycles. The first kappa shape index (κ1) is 14.0. The molecule has 0 spiro atoms.